The maximum atomic E-state index is 13.1. The Morgan fingerprint density at radius 2 is 1.77 bits per heavy atom. The molecule has 0 aromatic heterocycles. The largest absolute Gasteiger partial charge is 0.503 e. The molecule has 2 aromatic carbocycles. The Kier molecular flexibility index (Phi) is 6.01. The molecule has 0 saturated heterocycles. The maximum absolute atomic E-state index is 13.1. The molecule has 1 amide bonds. The van der Waals surface area contributed by atoms with Crippen LogP contribution in [0.2, 0.25) is 0 Å². The molecular weight excluding hydrogens is 395 g/mol. The van der Waals surface area contributed by atoms with Gasteiger partial charge in [0, 0.05) is 13.0 Å². The SMILES string of the molecule is CC(C)CC(=O)C1=C(O)C(=O)N(Cc2cccc(C(F)(F)F)c2)C1c1ccccc1. The molecule has 0 aliphatic carbocycles. The molecule has 158 valence electrons. The third-order valence-electron chi connectivity index (χ3n) is 4.92. The van der Waals surface area contributed by atoms with Crippen molar-refractivity contribution in [1.29, 1.82) is 0 Å². The smallest absolute Gasteiger partial charge is 0.416 e. The number of alkyl halides is 3. The second-order valence-electron chi connectivity index (χ2n) is 7.73. The minimum absolute atomic E-state index is 0.00752. The Labute approximate surface area is 172 Å². The summed E-state index contributed by atoms with van der Waals surface area (Å²) in [5.41, 5.74) is 0.0292. The van der Waals surface area contributed by atoms with Crippen molar-refractivity contribution >= 4 is 11.7 Å². The number of rotatable bonds is 6. The van der Waals surface area contributed by atoms with E-state index >= 15 is 0 Å². The first-order valence-electron chi connectivity index (χ1n) is 9.58. The van der Waals surface area contributed by atoms with E-state index in [0.717, 1.165) is 12.1 Å². The van der Waals surface area contributed by atoms with Crippen molar-refractivity contribution < 1.29 is 27.9 Å². The van der Waals surface area contributed by atoms with Gasteiger partial charge >= 0.3 is 6.18 Å². The number of carbonyl (C=O) groups excluding carboxylic acids is 2. The highest BCUT2D eigenvalue weighted by Crippen LogP contribution is 2.40. The van der Waals surface area contributed by atoms with Gasteiger partial charge in [-0.1, -0.05) is 56.3 Å². The minimum atomic E-state index is -4.51. The van der Waals surface area contributed by atoms with Crippen LogP contribution in [0, 0.1) is 5.92 Å². The summed E-state index contributed by atoms with van der Waals surface area (Å²) in [7, 11) is 0. The summed E-state index contributed by atoms with van der Waals surface area (Å²) in [6.07, 6.45) is -4.37. The Balaban J connectivity index is 2.02. The molecule has 1 aliphatic rings. The van der Waals surface area contributed by atoms with Gasteiger partial charge in [0.25, 0.3) is 5.91 Å². The van der Waals surface area contributed by atoms with Crippen molar-refractivity contribution in [1.82, 2.24) is 4.90 Å². The highest BCUT2D eigenvalue weighted by molar-refractivity contribution is 6.09. The minimum Gasteiger partial charge on any atom is -0.503 e. The van der Waals surface area contributed by atoms with E-state index in [1.807, 2.05) is 13.8 Å². The van der Waals surface area contributed by atoms with Gasteiger partial charge in [0.2, 0.25) is 0 Å². The Morgan fingerprint density at radius 3 is 2.37 bits per heavy atom. The average Bonchev–Trinajstić information content (AvgIpc) is 2.93. The summed E-state index contributed by atoms with van der Waals surface area (Å²) >= 11 is 0. The van der Waals surface area contributed by atoms with Gasteiger partial charge in [0.05, 0.1) is 17.2 Å². The first-order valence-corrected chi connectivity index (χ1v) is 9.58. The quantitative estimate of drug-likeness (QED) is 0.701. The van der Waals surface area contributed by atoms with Crippen LogP contribution in [0.1, 0.15) is 43.0 Å². The molecular formula is C23H22F3NO3. The zero-order valence-electron chi connectivity index (χ0n) is 16.6. The Hall–Kier alpha value is -3.09. The molecule has 0 bridgehead atoms. The van der Waals surface area contributed by atoms with E-state index in [0.29, 0.717) is 5.56 Å². The fourth-order valence-electron chi connectivity index (χ4n) is 3.61. The molecule has 1 aliphatic heterocycles. The third-order valence-corrected chi connectivity index (χ3v) is 4.92. The van der Waals surface area contributed by atoms with Gasteiger partial charge in [0.15, 0.2) is 11.5 Å². The van der Waals surface area contributed by atoms with Gasteiger partial charge in [-0.3, -0.25) is 9.59 Å². The molecule has 4 nitrogen and oxygen atoms in total. The second kappa shape index (κ2) is 8.34. The van der Waals surface area contributed by atoms with E-state index < -0.39 is 29.4 Å². The summed E-state index contributed by atoms with van der Waals surface area (Å²) in [5.74, 6) is -1.74. The van der Waals surface area contributed by atoms with Crippen molar-refractivity contribution in [2.75, 3.05) is 0 Å². The molecule has 3 rings (SSSR count). The van der Waals surface area contributed by atoms with Crippen LogP contribution in [-0.4, -0.2) is 21.7 Å². The van der Waals surface area contributed by atoms with E-state index in [1.165, 1.54) is 17.0 Å². The summed E-state index contributed by atoms with van der Waals surface area (Å²) in [6.45, 7) is 3.53. The van der Waals surface area contributed by atoms with Gasteiger partial charge in [0.1, 0.15) is 0 Å². The normalized spacial score (nSPS) is 17.2. The zero-order chi connectivity index (χ0) is 22.1. The number of ketones is 1. The lowest BCUT2D eigenvalue weighted by Gasteiger charge is -2.27. The number of Topliss-reactive ketones (excluding diaryl/α,β-unsaturated/α-hetero) is 1. The van der Waals surface area contributed by atoms with Gasteiger partial charge < -0.3 is 10.0 Å². The van der Waals surface area contributed by atoms with E-state index in [-0.39, 0.29) is 35.8 Å². The van der Waals surface area contributed by atoms with Crippen LogP contribution in [0.15, 0.2) is 65.9 Å². The second-order valence-corrected chi connectivity index (χ2v) is 7.73. The first kappa shape index (κ1) is 21.6. The van der Waals surface area contributed by atoms with Crippen molar-refractivity contribution in [2.24, 2.45) is 5.92 Å². The lowest BCUT2D eigenvalue weighted by molar-refractivity contribution is -0.137. The van der Waals surface area contributed by atoms with Crippen LogP contribution in [0.5, 0.6) is 0 Å². The molecule has 7 heteroatoms. The molecule has 0 spiro atoms. The number of carbonyl (C=O) groups is 2. The van der Waals surface area contributed by atoms with E-state index in [9.17, 15) is 27.9 Å². The summed E-state index contributed by atoms with van der Waals surface area (Å²) < 4.78 is 39.2. The van der Waals surface area contributed by atoms with Crippen LogP contribution >= 0.6 is 0 Å². The van der Waals surface area contributed by atoms with Crippen molar-refractivity contribution in [3.63, 3.8) is 0 Å². The fraction of sp³-hybridized carbons (Fsp3) is 0.304. The Morgan fingerprint density at radius 1 is 1.10 bits per heavy atom. The molecule has 1 atom stereocenters. The lowest BCUT2D eigenvalue weighted by Crippen LogP contribution is -2.31. The summed E-state index contributed by atoms with van der Waals surface area (Å²) in [5, 5.41) is 10.5. The van der Waals surface area contributed by atoms with Gasteiger partial charge in [-0.2, -0.15) is 13.2 Å². The van der Waals surface area contributed by atoms with Gasteiger partial charge in [-0.05, 0) is 29.2 Å². The molecule has 0 saturated carbocycles. The van der Waals surface area contributed by atoms with Crippen molar-refractivity contribution in [2.45, 2.75) is 39.0 Å². The monoisotopic (exact) mass is 417 g/mol. The van der Waals surface area contributed by atoms with Crippen LogP contribution in [0.3, 0.4) is 0 Å². The highest BCUT2D eigenvalue weighted by atomic mass is 19.4. The van der Waals surface area contributed by atoms with Crippen molar-refractivity contribution in [3.05, 3.63) is 82.6 Å². The maximum Gasteiger partial charge on any atom is 0.416 e. The predicted octanol–water partition coefficient (Wildman–Crippen LogP) is 5.22. The molecule has 0 radical (unpaired) electrons. The average molecular weight is 417 g/mol. The molecule has 2 aromatic rings. The number of benzene rings is 2. The number of halogens is 3. The molecule has 0 fully saturated rings. The van der Waals surface area contributed by atoms with Gasteiger partial charge in [-0.15, -0.1) is 0 Å². The number of aliphatic hydroxyl groups is 1. The molecule has 1 unspecified atom stereocenters. The van der Waals surface area contributed by atoms with E-state index in [4.69, 9.17) is 0 Å². The topological polar surface area (TPSA) is 57.6 Å². The molecule has 1 heterocycles. The van der Waals surface area contributed by atoms with Gasteiger partial charge in [-0.25, -0.2) is 0 Å². The summed E-state index contributed by atoms with van der Waals surface area (Å²) in [4.78, 5) is 26.9. The summed E-state index contributed by atoms with van der Waals surface area (Å²) in [6, 6.07) is 12.5. The number of amides is 1. The first-order chi connectivity index (χ1) is 14.1. The zero-order valence-corrected chi connectivity index (χ0v) is 16.6. The number of nitrogens with zero attached hydrogens (tertiary/aromatic N) is 1. The number of hydrogen-bond acceptors (Lipinski definition) is 3. The third kappa shape index (κ3) is 4.40. The van der Waals surface area contributed by atoms with Crippen LogP contribution < -0.4 is 0 Å². The van der Waals surface area contributed by atoms with Crippen molar-refractivity contribution in [3.8, 4) is 0 Å². The molecule has 30 heavy (non-hydrogen) atoms. The number of hydrogen-bond donors (Lipinski definition) is 1. The standard InChI is InChI=1S/C23H22F3NO3/c1-14(2)11-18(28)19-20(16-8-4-3-5-9-16)27(22(30)21(19)29)13-15-7-6-10-17(12-15)23(24,25)26/h3-10,12,14,20,29H,11,13H2,1-2H3. The highest BCUT2D eigenvalue weighted by Gasteiger charge is 2.43. The van der Waals surface area contributed by atoms with Crippen LogP contribution in [0.4, 0.5) is 13.2 Å². The lowest BCUT2D eigenvalue weighted by atomic mass is 9.92. The fourth-order valence-corrected chi connectivity index (χ4v) is 3.61. The van der Waals surface area contributed by atoms with Crippen LogP contribution in [-0.2, 0) is 22.3 Å². The predicted molar refractivity (Wildman–Crippen MR) is 105 cm³/mol. The Bertz CT molecular complexity index is 981. The molecule has 1 N–H and O–H groups in total. The van der Waals surface area contributed by atoms with E-state index in [2.05, 4.69) is 0 Å². The van der Waals surface area contributed by atoms with Crippen LogP contribution in [0.25, 0.3) is 0 Å². The van der Waals surface area contributed by atoms with E-state index in [1.54, 1.807) is 30.3 Å². The number of aliphatic hydroxyl groups excluding tert-OH is 1.